The van der Waals surface area contributed by atoms with Gasteiger partial charge < -0.3 is 9.52 Å². The van der Waals surface area contributed by atoms with E-state index >= 15 is 0 Å². The molecule has 0 saturated carbocycles. The number of rotatable bonds is 1. The molecule has 4 rings (SSSR count). The molecule has 0 spiro atoms. The van der Waals surface area contributed by atoms with Gasteiger partial charge in [-0.05, 0) is 36.8 Å². The third kappa shape index (κ3) is 2.88. The number of hydrogen-bond acceptors (Lipinski definition) is 2. The Labute approximate surface area is 146 Å². The lowest BCUT2D eigenvalue weighted by Crippen LogP contribution is -1.80. The molecule has 0 bridgehead atoms. The van der Waals surface area contributed by atoms with Crippen LogP contribution in [0.15, 0.2) is 77.2 Å². The molecule has 4 aromatic rings. The Morgan fingerprint density at radius 2 is 1.52 bits per heavy atom. The summed E-state index contributed by atoms with van der Waals surface area (Å²) in [5.74, 6) is 7.41. The minimum atomic E-state index is 0.246. The first-order valence-electron chi connectivity index (χ1n) is 8.11. The van der Waals surface area contributed by atoms with Gasteiger partial charge in [-0.15, -0.1) is 0 Å². The van der Waals surface area contributed by atoms with E-state index in [1.165, 1.54) is 0 Å². The van der Waals surface area contributed by atoms with Gasteiger partial charge in [-0.25, -0.2) is 0 Å². The molecule has 120 valence electrons. The molecule has 1 N–H and O–H groups in total. The number of phenolic OH excluding ortho intramolecular Hbond substituents is 1. The summed E-state index contributed by atoms with van der Waals surface area (Å²) in [7, 11) is 0. The van der Waals surface area contributed by atoms with E-state index < -0.39 is 0 Å². The zero-order chi connectivity index (χ0) is 17.2. The molecule has 0 aliphatic carbocycles. The van der Waals surface area contributed by atoms with E-state index in [0.717, 1.165) is 39.0 Å². The van der Waals surface area contributed by atoms with E-state index in [2.05, 4.69) is 11.8 Å². The van der Waals surface area contributed by atoms with Gasteiger partial charge in [0.25, 0.3) is 0 Å². The Kier molecular flexibility index (Phi) is 3.76. The molecule has 25 heavy (non-hydrogen) atoms. The summed E-state index contributed by atoms with van der Waals surface area (Å²) in [6, 6.07) is 23.3. The van der Waals surface area contributed by atoms with Gasteiger partial charge in [0.05, 0.1) is 5.56 Å². The SMILES string of the molecule is Cc1cc2oc(-c3ccccc3)c(C#Cc3ccccc3)c2cc1O. The Morgan fingerprint density at radius 3 is 2.24 bits per heavy atom. The molecule has 2 heteroatoms. The summed E-state index contributed by atoms with van der Waals surface area (Å²) < 4.78 is 6.10. The van der Waals surface area contributed by atoms with Crippen LogP contribution < -0.4 is 0 Å². The summed E-state index contributed by atoms with van der Waals surface area (Å²) in [6.45, 7) is 1.86. The maximum Gasteiger partial charge on any atom is 0.151 e. The van der Waals surface area contributed by atoms with Crippen LogP contribution in [0.1, 0.15) is 16.7 Å². The van der Waals surface area contributed by atoms with Gasteiger partial charge in [0.1, 0.15) is 11.3 Å². The molecule has 0 saturated heterocycles. The van der Waals surface area contributed by atoms with Gasteiger partial charge in [0.15, 0.2) is 5.76 Å². The van der Waals surface area contributed by atoms with Crippen molar-refractivity contribution in [1.82, 2.24) is 0 Å². The maximum atomic E-state index is 10.1. The Balaban J connectivity index is 1.97. The predicted octanol–water partition coefficient (Wildman–Crippen LogP) is 5.51. The number of aryl methyl sites for hydroxylation is 1. The van der Waals surface area contributed by atoms with Crippen molar-refractivity contribution in [1.29, 1.82) is 0 Å². The van der Waals surface area contributed by atoms with Gasteiger partial charge in [-0.2, -0.15) is 0 Å². The van der Waals surface area contributed by atoms with Crippen LogP contribution >= 0.6 is 0 Å². The second-order valence-corrected chi connectivity index (χ2v) is 5.92. The summed E-state index contributed by atoms with van der Waals surface area (Å²) in [6.07, 6.45) is 0. The molecule has 1 aromatic heterocycles. The van der Waals surface area contributed by atoms with Crippen molar-refractivity contribution in [2.75, 3.05) is 0 Å². The molecule has 0 aliphatic rings. The van der Waals surface area contributed by atoms with Crippen molar-refractivity contribution in [3.05, 3.63) is 89.5 Å². The van der Waals surface area contributed by atoms with E-state index in [0.29, 0.717) is 0 Å². The van der Waals surface area contributed by atoms with Crippen molar-refractivity contribution in [3.8, 4) is 28.9 Å². The van der Waals surface area contributed by atoms with E-state index in [9.17, 15) is 5.11 Å². The van der Waals surface area contributed by atoms with Gasteiger partial charge in [-0.1, -0.05) is 60.4 Å². The number of benzene rings is 3. The lowest BCUT2D eigenvalue weighted by Gasteiger charge is -1.98. The highest BCUT2D eigenvalue weighted by molar-refractivity contribution is 5.93. The molecule has 3 aromatic carbocycles. The fourth-order valence-electron chi connectivity index (χ4n) is 2.81. The topological polar surface area (TPSA) is 33.4 Å². The van der Waals surface area contributed by atoms with Crippen LogP contribution in [0.5, 0.6) is 5.75 Å². The monoisotopic (exact) mass is 324 g/mol. The Bertz CT molecular complexity index is 1090. The first-order chi connectivity index (χ1) is 12.2. The van der Waals surface area contributed by atoms with Gasteiger partial charge in [-0.3, -0.25) is 0 Å². The van der Waals surface area contributed by atoms with Crippen LogP contribution in [0.3, 0.4) is 0 Å². The van der Waals surface area contributed by atoms with Crippen LogP contribution in [0.25, 0.3) is 22.3 Å². The van der Waals surface area contributed by atoms with E-state index in [1.807, 2.05) is 73.7 Å². The zero-order valence-electron chi connectivity index (χ0n) is 13.8. The highest BCUT2D eigenvalue weighted by atomic mass is 16.3. The van der Waals surface area contributed by atoms with Crippen LogP contribution in [-0.2, 0) is 0 Å². The average Bonchev–Trinajstić information content (AvgIpc) is 2.99. The number of hydrogen-bond donors (Lipinski definition) is 1. The van der Waals surface area contributed by atoms with Crippen molar-refractivity contribution in [2.45, 2.75) is 6.92 Å². The smallest absolute Gasteiger partial charge is 0.151 e. The minimum Gasteiger partial charge on any atom is -0.508 e. The van der Waals surface area contributed by atoms with Crippen LogP contribution in [0.4, 0.5) is 0 Å². The van der Waals surface area contributed by atoms with E-state index in [-0.39, 0.29) is 5.75 Å². The van der Waals surface area contributed by atoms with Crippen molar-refractivity contribution in [3.63, 3.8) is 0 Å². The van der Waals surface area contributed by atoms with Crippen LogP contribution in [0.2, 0.25) is 0 Å². The highest BCUT2D eigenvalue weighted by Gasteiger charge is 2.16. The van der Waals surface area contributed by atoms with Crippen LogP contribution in [-0.4, -0.2) is 5.11 Å². The van der Waals surface area contributed by atoms with E-state index in [1.54, 1.807) is 6.07 Å². The van der Waals surface area contributed by atoms with Crippen molar-refractivity contribution in [2.24, 2.45) is 0 Å². The zero-order valence-corrected chi connectivity index (χ0v) is 13.8. The minimum absolute atomic E-state index is 0.246. The quantitative estimate of drug-likeness (QED) is 0.468. The summed E-state index contributed by atoms with van der Waals surface area (Å²) in [5, 5.41) is 10.9. The number of phenols is 1. The molecular formula is C23H16O2. The third-order valence-corrected chi connectivity index (χ3v) is 4.15. The second-order valence-electron chi connectivity index (χ2n) is 5.92. The summed E-state index contributed by atoms with van der Waals surface area (Å²) in [4.78, 5) is 0. The average molecular weight is 324 g/mol. The molecular weight excluding hydrogens is 308 g/mol. The Morgan fingerprint density at radius 1 is 0.840 bits per heavy atom. The molecule has 0 atom stereocenters. The fraction of sp³-hybridized carbons (Fsp3) is 0.0435. The molecule has 0 radical (unpaired) electrons. The summed E-state index contributed by atoms with van der Waals surface area (Å²) >= 11 is 0. The predicted molar refractivity (Wildman–Crippen MR) is 100 cm³/mol. The molecule has 0 unspecified atom stereocenters. The molecule has 1 heterocycles. The van der Waals surface area contributed by atoms with Gasteiger partial charge >= 0.3 is 0 Å². The molecule has 0 amide bonds. The third-order valence-electron chi connectivity index (χ3n) is 4.15. The lowest BCUT2D eigenvalue weighted by molar-refractivity contribution is 0.471. The van der Waals surface area contributed by atoms with Gasteiger partial charge in [0, 0.05) is 16.5 Å². The van der Waals surface area contributed by atoms with Crippen LogP contribution in [0, 0.1) is 18.8 Å². The molecule has 2 nitrogen and oxygen atoms in total. The molecule has 0 aliphatic heterocycles. The number of aromatic hydroxyl groups is 1. The number of furan rings is 1. The second kappa shape index (κ2) is 6.22. The van der Waals surface area contributed by atoms with E-state index in [4.69, 9.17) is 4.42 Å². The maximum absolute atomic E-state index is 10.1. The van der Waals surface area contributed by atoms with Crippen molar-refractivity contribution >= 4 is 11.0 Å². The first-order valence-corrected chi connectivity index (χ1v) is 8.11. The molecule has 0 fully saturated rings. The highest BCUT2D eigenvalue weighted by Crippen LogP contribution is 2.36. The first kappa shape index (κ1) is 15.1. The largest absolute Gasteiger partial charge is 0.508 e. The number of fused-ring (bicyclic) bond motifs is 1. The van der Waals surface area contributed by atoms with Crippen molar-refractivity contribution < 1.29 is 9.52 Å². The summed E-state index contributed by atoms with van der Waals surface area (Å²) in [5.41, 5.74) is 4.20. The van der Waals surface area contributed by atoms with Gasteiger partial charge in [0.2, 0.25) is 0 Å². The lowest BCUT2D eigenvalue weighted by atomic mass is 10.0. The standard InChI is InChI=1S/C23H16O2/c1-16-14-22-20(15-21(16)24)19(13-12-17-8-4-2-5-9-17)23(25-22)18-10-6-3-7-11-18/h2-11,14-15,24H,1H3. The normalized spacial score (nSPS) is 10.4. The Hall–Kier alpha value is -3.44. The fourth-order valence-corrected chi connectivity index (χ4v) is 2.81.